The van der Waals surface area contributed by atoms with Gasteiger partial charge in [-0.2, -0.15) is 0 Å². The molecule has 0 amide bonds. The predicted octanol–water partition coefficient (Wildman–Crippen LogP) is 16.1. The number of fused-ring (bicyclic) bond motifs is 3. The van der Waals surface area contributed by atoms with Crippen LogP contribution in [0.3, 0.4) is 0 Å². The number of benzene rings is 11. The molecule has 0 aliphatic carbocycles. The van der Waals surface area contributed by atoms with Gasteiger partial charge in [-0.25, -0.2) is 4.39 Å². The number of nitrogens with zero attached hydrogens (tertiary/aromatic N) is 2. The van der Waals surface area contributed by atoms with Crippen molar-refractivity contribution in [3.63, 3.8) is 0 Å². The minimum atomic E-state index is -0.298. The fourth-order valence-corrected chi connectivity index (χ4v) is 9.06. The molecule has 0 aromatic heterocycles. The van der Waals surface area contributed by atoms with Gasteiger partial charge >= 0.3 is 0 Å². The number of hydrogen-bond acceptors (Lipinski definition) is 2. The van der Waals surface area contributed by atoms with Crippen LogP contribution >= 0.6 is 0 Å². The van der Waals surface area contributed by atoms with Crippen molar-refractivity contribution in [2.24, 2.45) is 0 Å². The Labute approximate surface area is 342 Å². The highest BCUT2D eigenvalue weighted by molar-refractivity contribution is 6.38. The molecule has 0 aliphatic rings. The van der Waals surface area contributed by atoms with Gasteiger partial charge in [-0.05, 0) is 98.9 Å². The first-order valence-corrected chi connectivity index (χ1v) is 20.0. The molecule has 0 saturated carbocycles. The summed E-state index contributed by atoms with van der Waals surface area (Å²) in [5, 5.41) is 9.11. The van der Waals surface area contributed by atoms with E-state index in [4.69, 9.17) is 0 Å². The average Bonchev–Trinajstić information content (AvgIpc) is 3.31. The zero-order chi connectivity index (χ0) is 39.3. The van der Waals surface area contributed by atoms with Gasteiger partial charge in [0.25, 0.3) is 0 Å². The molecule has 0 unspecified atom stereocenters. The van der Waals surface area contributed by atoms with Crippen molar-refractivity contribution in [3.05, 3.63) is 230 Å². The first-order valence-electron chi connectivity index (χ1n) is 20.0. The zero-order valence-electron chi connectivity index (χ0n) is 32.1. The molecule has 3 heteroatoms. The van der Waals surface area contributed by atoms with Gasteiger partial charge in [0.2, 0.25) is 0 Å². The van der Waals surface area contributed by atoms with Crippen LogP contribution in [0.15, 0.2) is 224 Å². The van der Waals surface area contributed by atoms with Gasteiger partial charge in [0, 0.05) is 44.2 Å². The van der Waals surface area contributed by atoms with Crippen LogP contribution in [0.2, 0.25) is 0 Å². The Bertz CT molecular complexity index is 3220. The first-order chi connectivity index (χ1) is 29.2. The second-order valence-corrected chi connectivity index (χ2v) is 15.0. The number of halogens is 1. The second-order valence-electron chi connectivity index (χ2n) is 15.0. The van der Waals surface area contributed by atoms with E-state index in [0.29, 0.717) is 5.69 Å². The van der Waals surface area contributed by atoms with Crippen molar-refractivity contribution in [2.75, 3.05) is 9.80 Å². The summed E-state index contributed by atoms with van der Waals surface area (Å²) in [6.45, 7) is 0. The van der Waals surface area contributed by atoms with E-state index in [1.807, 2.05) is 66.7 Å². The van der Waals surface area contributed by atoms with E-state index >= 15 is 4.39 Å². The molecule has 0 N–H and O–H groups in total. The molecule has 0 spiro atoms. The van der Waals surface area contributed by atoms with Crippen LogP contribution in [0.4, 0.5) is 38.5 Å². The maximum atomic E-state index is 17.6. The molecule has 0 atom stereocenters. The summed E-state index contributed by atoms with van der Waals surface area (Å²) in [5.74, 6) is -0.298. The number of hydrogen-bond donors (Lipinski definition) is 0. The molecule has 0 radical (unpaired) electrons. The van der Waals surface area contributed by atoms with Crippen molar-refractivity contribution in [2.45, 2.75) is 0 Å². The second kappa shape index (κ2) is 14.3. The molecular formula is C56H37FN2. The van der Waals surface area contributed by atoms with Crippen molar-refractivity contribution in [1.29, 1.82) is 0 Å². The molecule has 0 fully saturated rings. The minimum absolute atomic E-state index is 0.298. The largest absolute Gasteiger partial charge is 0.310 e. The first kappa shape index (κ1) is 34.5. The SMILES string of the molecule is Fc1cc(-c2ccccc2)cc(-c2ccccc2)c1N(c1ccccc1)c1ccc2ccc3ccc(N(c4ccccc4)c4ccccc4)c4c5ccccc5c1c2c34. The van der Waals surface area contributed by atoms with Gasteiger partial charge in [0.15, 0.2) is 0 Å². The third-order valence-electron chi connectivity index (χ3n) is 11.6. The molecule has 2 nitrogen and oxygen atoms in total. The normalized spacial score (nSPS) is 11.5. The van der Waals surface area contributed by atoms with Crippen LogP contribution in [0.1, 0.15) is 0 Å². The van der Waals surface area contributed by atoms with E-state index in [1.165, 1.54) is 10.8 Å². The fourth-order valence-electron chi connectivity index (χ4n) is 9.06. The van der Waals surface area contributed by atoms with Crippen LogP contribution in [0, 0.1) is 5.82 Å². The van der Waals surface area contributed by atoms with E-state index in [2.05, 4.69) is 161 Å². The van der Waals surface area contributed by atoms with E-state index in [9.17, 15) is 0 Å². The molecule has 0 aliphatic heterocycles. The van der Waals surface area contributed by atoms with Gasteiger partial charge in [-0.1, -0.05) is 164 Å². The van der Waals surface area contributed by atoms with Crippen LogP contribution in [-0.2, 0) is 0 Å². The summed E-state index contributed by atoms with van der Waals surface area (Å²) in [5.41, 5.74) is 9.08. The van der Waals surface area contributed by atoms with Crippen molar-refractivity contribution < 1.29 is 4.39 Å². The summed E-state index contributed by atoms with van der Waals surface area (Å²) in [7, 11) is 0. The molecule has 0 bridgehead atoms. The van der Waals surface area contributed by atoms with Crippen molar-refractivity contribution in [1.82, 2.24) is 0 Å². The topological polar surface area (TPSA) is 6.48 Å². The third kappa shape index (κ3) is 5.78. The summed E-state index contributed by atoms with van der Waals surface area (Å²) >= 11 is 0. The Morgan fingerprint density at radius 2 is 0.695 bits per heavy atom. The zero-order valence-corrected chi connectivity index (χ0v) is 32.1. The molecule has 0 saturated heterocycles. The fraction of sp³-hybridized carbons (Fsp3) is 0. The van der Waals surface area contributed by atoms with Gasteiger partial charge in [-0.15, -0.1) is 0 Å². The lowest BCUT2D eigenvalue weighted by Gasteiger charge is -2.32. The number of para-hydroxylation sites is 3. The maximum absolute atomic E-state index is 17.6. The summed E-state index contributed by atoms with van der Waals surface area (Å²) < 4.78 is 17.6. The molecule has 11 rings (SSSR count). The maximum Gasteiger partial charge on any atom is 0.148 e. The summed E-state index contributed by atoms with van der Waals surface area (Å²) in [4.78, 5) is 4.51. The lowest BCUT2D eigenvalue weighted by molar-refractivity contribution is 0.630. The Balaban J connectivity index is 1.27. The minimum Gasteiger partial charge on any atom is -0.310 e. The highest BCUT2D eigenvalue weighted by Gasteiger charge is 2.28. The molecule has 59 heavy (non-hydrogen) atoms. The van der Waals surface area contributed by atoms with E-state index in [0.717, 1.165) is 83.0 Å². The summed E-state index contributed by atoms with van der Waals surface area (Å²) in [6.07, 6.45) is 0. The van der Waals surface area contributed by atoms with Crippen LogP contribution in [-0.4, -0.2) is 0 Å². The Morgan fingerprint density at radius 1 is 0.305 bits per heavy atom. The highest BCUT2D eigenvalue weighted by Crippen LogP contribution is 2.53. The molecule has 0 heterocycles. The quantitative estimate of drug-likeness (QED) is 0.113. The third-order valence-corrected chi connectivity index (χ3v) is 11.6. The predicted molar refractivity (Wildman–Crippen MR) is 248 cm³/mol. The van der Waals surface area contributed by atoms with Crippen LogP contribution < -0.4 is 9.80 Å². The Kier molecular flexibility index (Phi) is 8.37. The van der Waals surface area contributed by atoms with Gasteiger partial charge in [0.1, 0.15) is 5.82 Å². The van der Waals surface area contributed by atoms with Crippen molar-refractivity contribution in [3.8, 4) is 22.3 Å². The summed E-state index contributed by atoms with van der Waals surface area (Å²) in [6, 6.07) is 77.6. The monoisotopic (exact) mass is 756 g/mol. The van der Waals surface area contributed by atoms with Gasteiger partial charge in [0.05, 0.1) is 17.1 Å². The molecule has 11 aromatic carbocycles. The molecule has 278 valence electrons. The molecule has 11 aromatic rings. The lowest BCUT2D eigenvalue weighted by atomic mass is 9.87. The highest BCUT2D eigenvalue weighted by atomic mass is 19.1. The van der Waals surface area contributed by atoms with Crippen LogP contribution in [0.5, 0.6) is 0 Å². The smallest absolute Gasteiger partial charge is 0.148 e. The standard InChI is InChI=1S/C56H37FN2/c57-49-37-42(38-18-6-1-7-19-38)36-48(39-20-8-2-9-21-39)56(49)59(45-26-14-5-15-27-45)51-35-33-41-31-30-40-32-34-50(54-46-28-16-17-29-47(46)55(51)53(41)52(40)54)58(43-22-10-3-11-23-43)44-24-12-4-13-25-44/h1-37H. The number of rotatable bonds is 8. The van der Waals surface area contributed by atoms with E-state index < -0.39 is 0 Å². The Morgan fingerprint density at radius 3 is 1.19 bits per heavy atom. The van der Waals surface area contributed by atoms with E-state index in [1.54, 1.807) is 6.07 Å². The van der Waals surface area contributed by atoms with E-state index in [-0.39, 0.29) is 5.82 Å². The Hall–Kier alpha value is -7.75. The van der Waals surface area contributed by atoms with Gasteiger partial charge < -0.3 is 9.80 Å². The number of anilines is 6. The average molecular weight is 757 g/mol. The van der Waals surface area contributed by atoms with Gasteiger partial charge in [-0.3, -0.25) is 0 Å². The van der Waals surface area contributed by atoms with Crippen LogP contribution in [0.25, 0.3) is 65.3 Å². The molecular weight excluding hydrogens is 720 g/mol. The van der Waals surface area contributed by atoms with Crippen molar-refractivity contribution >= 4 is 77.2 Å². The lowest BCUT2D eigenvalue weighted by Crippen LogP contribution is -2.14.